The molecule has 18 heavy (non-hydrogen) atoms. The molecule has 2 N–H and O–H groups in total. The number of rotatable bonds is 5. The van der Waals surface area contributed by atoms with Crippen molar-refractivity contribution in [1.82, 2.24) is 20.4 Å². The number of hydrogen-bond acceptors (Lipinski definition) is 4. The summed E-state index contributed by atoms with van der Waals surface area (Å²) in [7, 11) is 1.86. The fourth-order valence-electron chi connectivity index (χ4n) is 2.16. The maximum absolute atomic E-state index is 12.1. The molecule has 0 spiro atoms. The number of amides is 1. The van der Waals surface area contributed by atoms with Crippen molar-refractivity contribution in [2.24, 2.45) is 13.0 Å². The van der Waals surface area contributed by atoms with Gasteiger partial charge in [-0.2, -0.15) is 5.10 Å². The first-order valence-electron chi connectivity index (χ1n) is 6.28. The molecule has 0 aromatic carbocycles. The topological polar surface area (TPSA) is 68.2 Å². The van der Waals surface area contributed by atoms with Crippen molar-refractivity contribution in [3.05, 3.63) is 18.0 Å². The molecule has 6 nitrogen and oxygen atoms in total. The van der Waals surface area contributed by atoms with Crippen molar-refractivity contribution < 1.29 is 9.53 Å². The predicted octanol–water partition coefficient (Wildman–Crippen LogP) is -0.339. The average Bonchev–Trinajstić information content (AvgIpc) is 2.96. The highest BCUT2D eigenvalue weighted by Crippen LogP contribution is 2.14. The van der Waals surface area contributed by atoms with Crippen LogP contribution in [0.3, 0.4) is 0 Å². The molecule has 6 heteroatoms. The van der Waals surface area contributed by atoms with Crippen LogP contribution in [-0.4, -0.2) is 41.5 Å². The first-order valence-corrected chi connectivity index (χ1v) is 6.28. The molecular weight excluding hydrogens is 232 g/mol. The van der Waals surface area contributed by atoms with Gasteiger partial charge in [0.1, 0.15) is 0 Å². The van der Waals surface area contributed by atoms with Crippen LogP contribution in [0.25, 0.3) is 0 Å². The van der Waals surface area contributed by atoms with E-state index in [4.69, 9.17) is 4.74 Å². The summed E-state index contributed by atoms with van der Waals surface area (Å²) < 4.78 is 7.12. The third-order valence-electron chi connectivity index (χ3n) is 3.25. The minimum absolute atomic E-state index is 0.0413. The molecular formula is C12H20N4O2. The van der Waals surface area contributed by atoms with Gasteiger partial charge in [0.15, 0.2) is 0 Å². The SMILES string of the molecule is CCNC1COCC1C(=O)NCc1ccnn1C. The lowest BCUT2D eigenvalue weighted by atomic mass is 10.0. The highest BCUT2D eigenvalue weighted by Gasteiger charge is 2.33. The van der Waals surface area contributed by atoms with Gasteiger partial charge in [0.2, 0.25) is 5.91 Å². The Morgan fingerprint density at radius 1 is 1.61 bits per heavy atom. The van der Waals surface area contributed by atoms with Crippen LogP contribution < -0.4 is 10.6 Å². The van der Waals surface area contributed by atoms with Crippen molar-refractivity contribution in [3.63, 3.8) is 0 Å². The summed E-state index contributed by atoms with van der Waals surface area (Å²) >= 11 is 0. The Morgan fingerprint density at radius 2 is 2.44 bits per heavy atom. The van der Waals surface area contributed by atoms with Gasteiger partial charge in [0, 0.05) is 19.3 Å². The van der Waals surface area contributed by atoms with Crippen LogP contribution in [0.4, 0.5) is 0 Å². The summed E-state index contributed by atoms with van der Waals surface area (Å²) in [6.45, 7) is 4.49. The minimum Gasteiger partial charge on any atom is -0.379 e. The number of hydrogen-bond donors (Lipinski definition) is 2. The zero-order valence-electron chi connectivity index (χ0n) is 10.8. The van der Waals surface area contributed by atoms with Crippen LogP contribution in [-0.2, 0) is 23.1 Å². The Labute approximate surface area is 107 Å². The lowest BCUT2D eigenvalue weighted by Crippen LogP contribution is -2.43. The fraction of sp³-hybridized carbons (Fsp3) is 0.667. The van der Waals surface area contributed by atoms with Gasteiger partial charge in [0.05, 0.1) is 31.4 Å². The van der Waals surface area contributed by atoms with Gasteiger partial charge < -0.3 is 15.4 Å². The van der Waals surface area contributed by atoms with Crippen molar-refractivity contribution in [2.75, 3.05) is 19.8 Å². The van der Waals surface area contributed by atoms with E-state index in [9.17, 15) is 4.79 Å². The molecule has 0 aliphatic carbocycles. The number of carbonyl (C=O) groups excluding carboxylic acids is 1. The van der Waals surface area contributed by atoms with Crippen LogP contribution in [0.15, 0.2) is 12.3 Å². The predicted molar refractivity (Wildman–Crippen MR) is 66.8 cm³/mol. The standard InChI is InChI=1S/C12H20N4O2/c1-3-13-11-8-18-7-10(11)12(17)14-6-9-4-5-15-16(9)2/h4-5,10-11,13H,3,6-8H2,1-2H3,(H,14,17). The summed E-state index contributed by atoms with van der Waals surface area (Å²) in [6.07, 6.45) is 1.72. The van der Waals surface area contributed by atoms with Gasteiger partial charge in [-0.05, 0) is 12.6 Å². The third kappa shape index (κ3) is 2.88. The van der Waals surface area contributed by atoms with Crippen molar-refractivity contribution in [2.45, 2.75) is 19.5 Å². The zero-order valence-corrected chi connectivity index (χ0v) is 10.8. The van der Waals surface area contributed by atoms with E-state index in [2.05, 4.69) is 15.7 Å². The van der Waals surface area contributed by atoms with Crippen LogP contribution in [0.5, 0.6) is 0 Å². The first-order chi connectivity index (χ1) is 8.72. The molecule has 1 aliphatic heterocycles. The molecule has 0 radical (unpaired) electrons. The van der Waals surface area contributed by atoms with Gasteiger partial charge in [0.25, 0.3) is 0 Å². The summed E-state index contributed by atoms with van der Waals surface area (Å²) in [5.41, 5.74) is 0.988. The number of nitrogens with one attached hydrogen (secondary N) is 2. The molecule has 1 aromatic rings. The Morgan fingerprint density at radius 3 is 3.11 bits per heavy atom. The van der Waals surface area contributed by atoms with E-state index in [-0.39, 0.29) is 17.9 Å². The van der Waals surface area contributed by atoms with Gasteiger partial charge >= 0.3 is 0 Å². The second kappa shape index (κ2) is 5.97. The Balaban J connectivity index is 1.86. The molecule has 0 bridgehead atoms. The van der Waals surface area contributed by atoms with Crippen LogP contribution in [0, 0.1) is 5.92 Å². The third-order valence-corrected chi connectivity index (χ3v) is 3.25. The smallest absolute Gasteiger partial charge is 0.227 e. The summed E-state index contributed by atoms with van der Waals surface area (Å²) in [6, 6.07) is 2.02. The van der Waals surface area contributed by atoms with Crippen LogP contribution in [0.1, 0.15) is 12.6 Å². The second-order valence-corrected chi connectivity index (χ2v) is 4.47. The number of aromatic nitrogens is 2. The Kier molecular flexibility index (Phi) is 4.33. The van der Waals surface area contributed by atoms with E-state index in [1.807, 2.05) is 20.0 Å². The molecule has 1 aromatic heterocycles. The van der Waals surface area contributed by atoms with E-state index in [1.165, 1.54) is 0 Å². The molecule has 1 amide bonds. The summed E-state index contributed by atoms with van der Waals surface area (Å²) in [5, 5.41) is 10.3. The van der Waals surface area contributed by atoms with Gasteiger partial charge in [-0.3, -0.25) is 9.48 Å². The van der Waals surface area contributed by atoms with Crippen LogP contribution in [0.2, 0.25) is 0 Å². The second-order valence-electron chi connectivity index (χ2n) is 4.47. The maximum atomic E-state index is 12.1. The molecule has 100 valence electrons. The van der Waals surface area contributed by atoms with Crippen molar-refractivity contribution in [1.29, 1.82) is 0 Å². The van der Waals surface area contributed by atoms with Crippen molar-refractivity contribution >= 4 is 5.91 Å². The quantitative estimate of drug-likeness (QED) is 0.752. The highest BCUT2D eigenvalue weighted by molar-refractivity contribution is 5.79. The fourth-order valence-corrected chi connectivity index (χ4v) is 2.16. The van der Waals surface area contributed by atoms with E-state index in [1.54, 1.807) is 10.9 Å². The number of carbonyl (C=O) groups is 1. The molecule has 1 saturated heterocycles. The van der Waals surface area contributed by atoms with Crippen LogP contribution >= 0.6 is 0 Å². The van der Waals surface area contributed by atoms with E-state index in [0.29, 0.717) is 19.8 Å². The molecule has 2 rings (SSSR count). The number of nitrogens with zero attached hydrogens (tertiary/aromatic N) is 2. The zero-order chi connectivity index (χ0) is 13.0. The average molecular weight is 252 g/mol. The maximum Gasteiger partial charge on any atom is 0.227 e. The summed E-state index contributed by atoms with van der Waals surface area (Å²) in [4.78, 5) is 12.1. The monoisotopic (exact) mass is 252 g/mol. The first kappa shape index (κ1) is 13.0. The molecule has 1 fully saturated rings. The van der Waals surface area contributed by atoms with Gasteiger partial charge in [-0.15, -0.1) is 0 Å². The summed E-state index contributed by atoms with van der Waals surface area (Å²) in [5.74, 6) is -0.0576. The lowest BCUT2D eigenvalue weighted by Gasteiger charge is -2.17. The number of ether oxygens (including phenoxy) is 1. The molecule has 2 heterocycles. The molecule has 0 saturated carbocycles. The number of likely N-dealkylation sites (N-methyl/N-ethyl adjacent to an activating group) is 1. The normalized spacial score (nSPS) is 23.2. The van der Waals surface area contributed by atoms with Crippen molar-refractivity contribution in [3.8, 4) is 0 Å². The largest absolute Gasteiger partial charge is 0.379 e. The van der Waals surface area contributed by atoms with E-state index < -0.39 is 0 Å². The Hall–Kier alpha value is -1.40. The molecule has 2 atom stereocenters. The van der Waals surface area contributed by atoms with E-state index in [0.717, 1.165) is 12.2 Å². The molecule has 1 aliphatic rings. The lowest BCUT2D eigenvalue weighted by molar-refractivity contribution is -0.125. The molecule has 2 unspecified atom stereocenters. The highest BCUT2D eigenvalue weighted by atomic mass is 16.5. The number of aryl methyl sites for hydroxylation is 1. The Bertz CT molecular complexity index is 405. The minimum atomic E-state index is -0.0989. The van der Waals surface area contributed by atoms with Gasteiger partial charge in [-0.1, -0.05) is 6.92 Å². The van der Waals surface area contributed by atoms with Gasteiger partial charge in [-0.25, -0.2) is 0 Å². The van der Waals surface area contributed by atoms with E-state index >= 15 is 0 Å².